The molecule has 118 valence electrons. The molecule has 0 spiro atoms. The highest BCUT2D eigenvalue weighted by atomic mass is 16.5. The van der Waals surface area contributed by atoms with Gasteiger partial charge in [-0.1, -0.05) is 12.1 Å². The Labute approximate surface area is 132 Å². The van der Waals surface area contributed by atoms with Gasteiger partial charge in [0.2, 0.25) is 0 Å². The van der Waals surface area contributed by atoms with E-state index in [0.717, 1.165) is 17.7 Å². The molecule has 0 aromatic heterocycles. The molecule has 7 nitrogen and oxygen atoms in total. The first-order valence-corrected chi connectivity index (χ1v) is 7.24. The average Bonchev–Trinajstić information content (AvgIpc) is 3.38. The van der Waals surface area contributed by atoms with Crippen molar-refractivity contribution in [2.45, 2.75) is 18.4 Å². The number of carbonyl (C=O) groups is 3. The third-order valence-corrected chi connectivity index (χ3v) is 4.31. The Morgan fingerprint density at radius 3 is 2.57 bits per heavy atom. The molecule has 1 heterocycles. The molecular weight excluding hydrogens is 298 g/mol. The van der Waals surface area contributed by atoms with Crippen molar-refractivity contribution >= 4 is 17.9 Å². The van der Waals surface area contributed by atoms with Gasteiger partial charge in [-0.05, 0) is 36.5 Å². The number of nitrogens with one attached hydrogen (secondary N) is 1. The predicted molar refractivity (Wildman–Crippen MR) is 77.8 cm³/mol. The monoisotopic (exact) mass is 313 g/mol. The number of nitriles is 1. The number of urea groups is 1. The summed E-state index contributed by atoms with van der Waals surface area (Å²) < 4.78 is 4.54. The standard InChI is InChI=1S/C16H15N3O4/c1-23-13(20)9-19-14(21)16(12-6-7-12,18-15(19)22)11-4-2-10(8-17)3-5-11/h2-5,12H,6-7,9H2,1H3,(H,18,22). The summed E-state index contributed by atoms with van der Waals surface area (Å²) in [5.74, 6) is -1.10. The number of hydrogen-bond donors (Lipinski definition) is 1. The van der Waals surface area contributed by atoms with Crippen LogP contribution in [0.1, 0.15) is 24.0 Å². The Balaban J connectivity index is 1.98. The Morgan fingerprint density at radius 2 is 2.04 bits per heavy atom. The van der Waals surface area contributed by atoms with Gasteiger partial charge in [0.1, 0.15) is 12.1 Å². The Hall–Kier alpha value is -2.88. The number of hydrogen-bond acceptors (Lipinski definition) is 5. The van der Waals surface area contributed by atoms with Crippen LogP contribution in [0.3, 0.4) is 0 Å². The molecule has 3 amide bonds. The summed E-state index contributed by atoms with van der Waals surface area (Å²) in [6.07, 6.45) is 1.64. The highest BCUT2D eigenvalue weighted by Crippen LogP contribution is 2.48. The molecule has 1 aliphatic heterocycles. The fraction of sp³-hybridized carbons (Fsp3) is 0.375. The molecule has 23 heavy (non-hydrogen) atoms. The van der Waals surface area contributed by atoms with Crippen LogP contribution in [0.25, 0.3) is 0 Å². The summed E-state index contributed by atoms with van der Waals surface area (Å²) in [7, 11) is 1.20. The number of methoxy groups -OCH3 is 1. The van der Waals surface area contributed by atoms with Gasteiger partial charge in [0.05, 0.1) is 18.7 Å². The van der Waals surface area contributed by atoms with E-state index in [1.54, 1.807) is 24.3 Å². The van der Waals surface area contributed by atoms with E-state index in [2.05, 4.69) is 10.1 Å². The predicted octanol–water partition coefficient (Wildman–Crippen LogP) is 0.888. The Morgan fingerprint density at radius 1 is 1.39 bits per heavy atom. The summed E-state index contributed by atoms with van der Waals surface area (Å²) in [5, 5.41) is 11.7. The first kappa shape index (κ1) is 15.0. The van der Waals surface area contributed by atoms with Crippen molar-refractivity contribution in [3.05, 3.63) is 35.4 Å². The number of imide groups is 1. The second-order valence-electron chi connectivity index (χ2n) is 5.67. The Kier molecular flexibility index (Phi) is 3.52. The van der Waals surface area contributed by atoms with Crippen molar-refractivity contribution < 1.29 is 19.1 Å². The van der Waals surface area contributed by atoms with Crippen LogP contribution >= 0.6 is 0 Å². The van der Waals surface area contributed by atoms with E-state index in [1.807, 2.05) is 6.07 Å². The van der Waals surface area contributed by atoms with E-state index in [4.69, 9.17) is 5.26 Å². The SMILES string of the molecule is COC(=O)CN1C(=O)NC(c2ccc(C#N)cc2)(C2CC2)C1=O. The van der Waals surface area contributed by atoms with Gasteiger partial charge in [0.15, 0.2) is 0 Å². The molecular formula is C16H15N3O4. The molecule has 7 heteroatoms. The lowest BCUT2D eigenvalue weighted by molar-refractivity contribution is -0.145. The number of amides is 3. The normalized spacial score (nSPS) is 23.4. The number of rotatable bonds is 4. The highest BCUT2D eigenvalue weighted by molar-refractivity contribution is 6.09. The lowest BCUT2D eigenvalue weighted by atomic mass is 9.84. The maximum atomic E-state index is 12.9. The zero-order chi connectivity index (χ0) is 16.6. The lowest BCUT2D eigenvalue weighted by Crippen LogP contribution is -2.46. The second-order valence-corrected chi connectivity index (χ2v) is 5.67. The molecule has 1 N–H and O–H groups in total. The van der Waals surface area contributed by atoms with Crippen molar-refractivity contribution in [3.63, 3.8) is 0 Å². The average molecular weight is 313 g/mol. The van der Waals surface area contributed by atoms with Crippen LogP contribution in [0.5, 0.6) is 0 Å². The Bertz CT molecular complexity index is 718. The summed E-state index contributed by atoms with van der Waals surface area (Å²) in [4.78, 5) is 37.4. The zero-order valence-electron chi connectivity index (χ0n) is 12.5. The molecule has 2 fully saturated rings. The zero-order valence-corrected chi connectivity index (χ0v) is 12.5. The quantitative estimate of drug-likeness (QED) is 0.657. The lowest BCUT2D eigenvalue weighted by Gasteiger charge is -2.27. The first-order valence-electron chi connectivity index (χ1n) is 7.24. The molecule has 0 bridgehead atoms. The van der Waals surface area contributed by atoms with E-state index in [0.29, 0.717) is 11.1 Å². The summed E-state index contributed by atoms with van der Waals surface area (Å²) >= 11 is 0. The van der Waals surface area contributed by atoms with Crippen LogP contribution in [0.4, 0.5) is 4.79 Å². The van der Waals surface area contributed by atoms with Crippen LogP contribution in [-0.4, -0.2) is 36.5 Å². The van der Waals surface area contributed by atoms with Gasteiger partial charge in [-0.15, -0.1) is 0 Å². The molecule has 1 aromatic carbocycles. The van der Waals surface area contributed by atoms with Gasteiger partial charge in [-0.2, -0.15) is 5.26 Å². The summed E-state index contributed by atoms with van der Waals surface area (Å²) in [6, 6.07) is 8.00. The van der Waals surface area contributed by atoms with E-state index in [1.165, 1.54) is 7.11 Å². The number of ether oxygens (including phenoxy) is 1. The molecule has 1 unspecified atom stereocenters. The van der Waals surface area contributed by atoms with Crippen LogP contribution in [0, 0.1) is 17.2 Å². The molecule has 2 aliphatic rings. The van der Waals surface area contributed by atoms with Crippen molar-refractivity contribution in [1.82, 2.24) is 10.2 Å². The molecule has 1 aromatic rings. The van der Waals surface area contributed by atoms with Gasteiger partial charge >= 0.3 is 12.0 Å². The van der Waals surface area contributed by atoms with Crippen molar-refractivity contribution in [2.75, 3.05) is 13.7 Å². The van der Waals surface area contributed by atoms with E-state index < -0.39 is 30.0 Å². The van der Waals surface area contributed by atoms with Gasteiger partial charge < -0.3 is 10.1 Å². The van der Waals surface area contributed by atoms with Crippen molar-refractivity contribution in [3.8, 4) is 6.07 Å². The van der Waals surface area contributed by atoms with Crippen LogP contribution in [0.15, 0.2) is 24.3 Å². The third kappa shape index (κ3) is 2.32. The van der Waals surface area contributed by atoms with Crippen LogP contribution in [-0.2, 0) is 19.9 Å². The maximum absolute atomic E-state index is 12.9. The minimum absolute atomic E-state index is 0.00506. The molecule has 1 saturated carbocycles. The van der Waals surface area contributed by atoms with Gasteiger partial charge in [-0.25, -0.2) is 4.79 Å². The fourth-order valence-corrected chi connectivity index (χ4v) is 2.96. The van der Waals surface area contributed by atoms with Gasteiger partial charge in [0.25, 0.3) is 5.91 Å². The summed E-state index contributed by atoms with van der Waals surface area (Å²) in [6.45, 7) is -0.411. The minimum atomic E-state index is -1.15. The number of esters is 1. The van der Waals surface area contributed by atoms with E-state index >= 15 is 0 Å². The van der Waals surface area contributed by atoms with Crippen LogP contribution in [0.2, 0.25) is 0 Å². The van der Waals surface area contributed by atoms with Crippen molar-refractivity contribution in [2.24, 2.45) is 5.92 Å². The van der Waals surface area contributed by atoms with Gasteiger partial charge in [-0.3, -0.25) is 14.5 Å². The number of benzene rings is 1. The molecule has 3 rings (SSSR count). The van der Waals surface area contributed by atoms with Crippen LogP contribution < -0.4 is 5.32 Å². The van der Waals surface area contributed by atoms with Gasteiger partial charge in [0, 0.05) is 0 Å². The third-order valence-electron chi connectivity index (χ3n) is 4.31. The number of carbonyl (C=O) groups excluding carboxylic acids is 3. The fourth-order valence-electron chi connectivity index (χ4n) is 2.96. The van der Waals surface area contributed by atoms with E-state index in [-0.39, 0.29) is 5.92 Å². The minimum Gasteiger partial charge on any atom is -0.468 e. The van der Waals surface area contributed by atoms with Crippen molar-refractivity contribution in [1.29, 1.82) is 5.26 Å². The highest BCUT2D eigenvalue weighted by Gasteiger charge is 2.60. The summed E-state index contributed by atoms with van der Waals surface area (Å²) in [5.41, 5.74) is -0.0494. The largest absolute Gasteiger partial charge is 0.468 e. The molecule has 1 atom stereocenters. The maximum Gasteiger partial charge on any atom is 0.325 e. The number of nitrogens with zero attached hydrogens (tertiary/aromatic N) is 2. The molecule has 1 aliphatic carbocycles. The molecule has 1 saturated heterocycles. The second kappa shape index (κ2) is 5.39. The topological polar surface area (TPSA) is 99.5 Å². The smallest absolute Gasteiger partial charge is 0.325 e. The molecule has 0 radical (unpaired) electrons. The first-order chi connectivity index (χ1) is 11.0. The van der Waals surface area contributed by atoms with E-state index in [9.17, 15) is 14.4 Å².